The van der Waals surface area contributed by atoms with E-state index in [1.54, 1.807) is 38.1 Å². The second-order valence-electron chi connectivity index (χ2n) is 9.24. The SMILES string of the molecule is CC(C)S(=O)(=O)c1ccccc1Nc1nc(N[C@@H]2CCCN(CC(=O)Nc3ccccc3)C2)ncc1Cl. The van der Waals surface area contributed by atoms with Gasteiger partial charge in [0.05, 0.1) is 28.6 Å². The molecule has 1 atom stereocenters. The van der Waals surface area contributed by atoms with Crippen molar-refractivity contribution in [1.29, 1.82) is 0 Å². The number of nitrogens with zero attached hydrogens (tertiary/aromatic N) is 3. The Hall–Kier alpha value is -3.21. The lowest BCUT2D eigenvalue weighted by Gasteiger charge is -2.32. The number of sulfone groups is 1. The third-order valence-corrected chi connectivity index (χ3v) is 8.56. The van der Waals surface area contributed by atoms with Gasteiger partial charge in [-0.3, -0.25) is 9.69 Å². The number of nitrogens with one attached hydrogen (secondary N) is 3. The first kappa shape index (κ1) is 26.8. The summed E-state index contributed by atoms with van der Waals surface area (Å²) in [6.45, 7) is 5.07. The van der Waals surface area contributed by atoms with Crippen molar-refractivity contribution in [3.05, 3.63) is 65.8 Å². The van der Waals surface area contributed by atoms with Gasteiger partial charge in [0.1, 0.15) is 5.02 Å². The van der Waals surface area contributed by atoms with Crippen LogP contribution in [-0.4, -0.2) is 60.1 Å². The Labute approximate surface area is 222 Å². The van der Waals surface area contributed by atoms with Crippen molar-refractivity contribution in [2.45, 2.75) is 42.9 Å². The van der Waals surface area contributed by atoms with Crippen LogP contribution in [0.1, 0.15) is 26.7 Å². The summed E-state index contributed by atoms with van der Waals surface area (Å²) in [5, 5.41) is 9.03. The molecule has 2 heterocycles. The summed E-state index contributed by atoms with van der Waals surface area (Å²) in [7, 11) is -3.51. The van der Waals surface area contributed by atoms with E-state index in [4.69, 9.17) is 11.6 Å². The molecular weight excluding hydrogens is 512 g/mol. The summed E-state index contributed by atoms with van der Waals surface area (Å²) in [4.78, 5) is 23.6. The van der Waals surface area contributed by atoms with Crippen LogP contribution in [0.15, 0.2) is 65.7 Å². The van der Waals surface area contributed by atoms with Crippen LogP contribution < -0.4 is 16.0 Å². The molecule has 0 bridgehead atoms. The monoisotopic (exact) mass is 542 g/mol. The zero-order valence-corrected chi connectivity index (χ0v) is 22.4. The topological polar surface area (TPSA) is 116 Å². The van der Waals surface area contributed by atoms with Crippen LogP contribution in [0.3, 0.4) is 0 Å². The van der Waals surface area contributed by atoms with Crippen LogP contribution in [0.25, 0.3) is 0 Å². The first-order valence-electron chi connectivity index (χ1n) is 12.2. The highest BCUT2D eigenvalue weighted by Crippen LogP contribution is 2.30. The molecule has 196 valence electrons. The first-order valence-corrected chi connectivity index (χ1v) is 14.1. The fourth-order valence-electron chi connectivity index (χ4n) is 4.15. The van der Waals surface area contributed by atoms with E-state index in [-0.39, 0.29) is 21.9 Å². The number of hydrogen-bond donors (Lipinski definition) is 3. The number of amides is 1. The Morgan fingerprint density at radius 2 is 1.86 bits per heavy atom. The van der Waals surface area contributed by atoms with Gasteiger partial charge in [-0.25, -0.2) is 13.4 Å². The van der Waals surface area contributed by atoms with Crippen LogP contribution in [-0.2, 0) is 14.6 Å². The third-order valence-electron chi connectivity index (χ3n) is 6.07. The minimum atomic E-state index is -3.51. The molecule has 0 aliphatic carbocycles. The summed E-state index contributed by atoms with van der Waals surface area (Å²) in [6, 6.07) is 16.1. The van der Waals surface area contributed by atoms with Crippen molar-refractivity contribution in [3.63, 3.8) is 0 Å². The van der Waals surface area contributed by atoms with Gasteiger partial charge >= 0.3 is 0 Å². The van der Waals surface area contributed by atoms with Crippen molar-refractivity contribution >= 4 is 50.5 Å². The van der Waals surface area contributed by atoms with E-state index < -0.39 is 15.1 Å². The normalized spacial score (nSPS) is 16.4. The van der Waals surface area contributed by atoms with Crippen molar-refractivity contribution in [2.24, 2.45) is 0 Å². The number of piperidine rings is 1. The molecule has 1 aromatic heterocycles. The molecule has 11 heteroatoms. The standard InChI is InChI=1S/C26H31ClN6O3S/c1-18(2)37(35,36)23-13-7-6-12-22(23)31-25-21(27)15-28-26(32-25)30-20-11-8-14-33(16-20)17-24(34)29-19-9-4-3-5-10-19/h3-7,9-10,12-13,15,18,20H,8,11,14,16-17H2,1-2H3,(H,29,34)(H2,28,30,31,32)/t20-/m1/s1. The molecule has 37 heavy (non-hydrogen) atoms. The smallest absolute Gasteiger partial charge is 0.238 e. The van der Waals surface area contributed by atoms with Gasteiger partial charge in [-0.15, -0.1) is 0 Å². The van der Waals surface area contributed by atoms with E-state index >= 15 is 0 Å². The Kier molecular flexibility index (Phi) is 8.63. The Bertz CT molecular complexity index is 1340. The zero-order valence-electron chi connectivity index (χ0n) is 20.8. The maximum Gasteiger partial charge on any atom is 0.238 e. The number of likely N-dealkylation sites (tertiary alicyclic amines) is 1. The fraction of sp³-hybridized carbons (Fsp3) is 0.346. The van der Waals surface area contributed by atoms with E-state index in [0.29, 0.717) is 30.5 Å². The predicted molar refractivity (Wildman–Crippen MR) is 147 cm³/mol. The summed E-state index contributed by atoms with van der Waals surface area (Å²) in [5.74, 6) is 0.619. The molecule has 9 nitrogen and oxygen atoms in total. The molecule has 0 saturated carbocycles. The molecule has 1 amide bonds. The van der Waals surface area contributed by atoms with Crippen LogP contribution in [0.4, 0.5) is 23.1 Å². The number of carbonyl (C=O) groups is 1. The van der Waals surface area contributed by atoms with Crippen LogP contribution >= 0.6 is 11.6 Å². The average Bonchev–Trinajstić information content (AvgIpc) is 2.87. The van der Waals surface area contributed by atoms with Gasteiger partial charge in [0.15, 0.2) is 15.7 Å². The second kappa shape index (κ2) is 11.9. The van der Waals surface area contributed by atoms with Crippen LogP contribution in [0.2, 0.25) is 5.02 Å². The molecule has 0 spiro atoms. The molecule has 4 rings (SSSR count). The van der Waals surface area contributed by atoms with E-state index in [1.807, 2.05) is 30.3 Å². The van der Waals surface area contributed by atoms with E-state index in [9.17, 15) is 13.2 Å². The van der Waals surface area contributed by atoms with Crippen molar-refractivity contribution < 1.29 is 13.2 Å². The van der Waals surface area contributed by atoms with Gasteiger partial charge in [-0.2, -0.15) is 4.98 Å². The van der Waals surface area contributed by atoms with E-state index in [0.717, 1.165) is 25.1 Å². The maximum absolute atomic E-state index is 12.8. The van der Waals surface area contributed by atoms with Crippen molar-refractivity contribution in [2.75, 3.05) is 35.6 Å². The lowest BCUT2D eigenvalue weighted by Crippen LogP contribution is -2.45. The molecule has 1 aliphatic heterocycles. The highest BCUT2D eigenvalue weighted by molar-refractivity contribution is 7.92. The van der Waals surface area contributed by atoms with Gasteiger partial charge in [-0.1, -0.05) is 41.9 Å². The highest BCUT2D eigenvalue weighted by Gasteiger charge is 2.24. The van der Waals surface area contributed by atoms with Crippen molar-refractivity contribution in [3.8, 4) is 0 Å². The number of rotatable bonds is 9. The van der Waals surface area contributed by atoms with Gasteiger partial charge < -0.3 is 16.0 Å². The molecular formula is C26H31ClN6O3S. The van der Waals surface area contributed by atoms with Crippen molar-refractivity contribution in [1.82, 2.24) is 14.9 Å². The number of carbonyl (C=O) groups excluding carboxylic acids is 1. The average molecular weight is 543 g/mol. The molecule has 3 aromatic rings. The molecule has 3 N–H and O–H groups in total. The maximum atomic E-state index is 12.8. The fourth-order valence-corrected chi connectivity index (χ4v) is 5.49. The summed E-state index contributed by atoms with van der Waals surface area (Å²) in [5.41, 5.74) is 1.17. The number of para-hydroxylation sites is 2. The molecule has 2 aromatic carbocycles. The lowest BCUT2D eigenvalue weighted by atomic mass is 10.1. The molecule has 1 saturated heterocycles. The lowest BCUT2D eigenvalue weighted by molar-refractivity contribution is -0.117. The van der Waals surface area contributed by atoms with Gasteiger partial charge in [0.2, 0.25) is 11.9 Å². The molecule has 1 fully saturated rings. The number of hydrogen-bond acceptors (Lipinski definition) is 8. The summed E-state index contributed by atoms with van der Waals surface area (Å²) < 4.78 is 25.6. The third kappa shape index (κ3) is 6.97. The summed E-state index contributed by atoms with van der Waals surface area (Å²) in [6.07, 6.45) is 3.31. The minimum absolute atomic E-state index is 0.0425. The molecule has 0 unspecified atom stereocenters. The van der Waals surface area contributed by atoms with Gasteiger partial charge in [0.25, 0.3) is 0 Å². The first-order chi connectivity index (χ1) is 17.7. The van der Waals surface area contributed by atoms with E-state index in [1.165, 1.54) is 6.20 Å². The quantitative estimate of drug-likeness (QED) is 0.360. The van der Waals surface area contributed by atoms with E-state index in [2.05, 4.69) is 30.8 Å². The van der Waals surface area contributed by atoms with Crippen LogP contribution in [0.5, 0.6) is 0 Å². The van der Waals surface area contributed by atoms with Gasteiger partial charge in [0, 0.05) is 18.3 Å². The highest BCUT2D eigenvalue weighted by atomic mass is 35.5. The Morgan fingerprint density at radius 3 is 2.62 bits per heavy atom. The van der Waals surface area contributed by atoms with Gasteiger partial charge in [-0.05, 0) is 57.5 Å². The minimum Gasteiger partial charge on any atom is -0.350 e. The largest absolute Gasteiger partial charge is 0.350 e. The molecule has 1 aliphatic rings. The number of anilines is 4. The predicted octanol–water partition coefficient (Wildman–Crippen LogP) is 4.57. The molecule has 0 radical (unpaired) electrons. The number of aromatic nitrogens is 2. The number of halogens is 1. The van der Waals surface area contributed by atoms with Crippen LogP contribution in [0, 0.1) is 0 Å². The summed E-state index contributed by atoms with van der Waals surface area (Å²) >= 11 is 6.35. The number of benzene rings is 2. The Balaban J connectivity index is 1.42. The zero-order chi connectivity index (χ0) is 26.4. The Morgan fingerprint density at radius 1 is 1.14 bits per heavy atom. The second-order valence-corrected chi connectivity index (χ2v) is 12.1.